The number of fused-ring (bicyclic) bond motifs is 1. The summed E-state index contributed by atoms with van der Waals surface area (Å²) in [7, 11) is 1.64. The van der Waals surface area contributed by atoms with Gasteiger partial charge in [-0.3, -0.25) is 9.78 Å². The molecule has 4 aromatic rings. The first-order chi connectivity index (χ1) is 20.9. The number of anilines is 2. The first-order valence-corrected chi connectivity index (χ1v) is 14.4. The summed E-state index contributed by atoms with van der Waals surface area (Å²) in [6, 6.07) is 22.7. The highest BCUT2D eigenvalue weighted by atomic mass is 35.5. The summed E-state index contributed by atoms with van der Waals surface area (Å²) >= 11 is 6.76. The van der Waals surface area contributed by atoms with Gasteiger partial charge in [0.15, 0.2) is 0 Å². The van der Waals surface area contributed by atoms with Gasteiger partial charge >= 0.3 is 0 Å². The second kappa shape index (κ2) is 13.0. The van der Waals surface area contributed by atoms with Crippen molar-refractivity contribution >= 4 is 39.8 Å². The Balaban J connectivity index is 1.51. The maximum Gasteiger partial charge on any atom is 0.254 e. The molecule has 0 spiro atoms. The molecule has 0 bridgehead atoms. The van der Waals surface area contributed by atoms with Gasteiger partial charge in [-0.15, -0.1) is 0 Å². The number of aromatic nitrogens is 1. The number of halogens is 1. The Morgan fingerprint density at radius 2 is 1.91 bits per heavy atom. The Bertz CT molecular complexity index is 1700. The van der Waals surface area contributed by atoms with E-state index in [0.717, 1.165) is 17.5 Å². The number of amides is 1. The third-order valence-electron chi connectivity index (χ3n) is 7.75. The number of benzene rings is 3. The molecule has 0 unspecified atom stereocenters. The molecular weight excluding hydrogens is 562 g/mol. The number of nitrogens with zero attached hydrogens (tertiary/aromatic N) is 3. The van der Waals surface area contributed by atoms with E-state index in [-0.39, 0.29) is 18.1 Å². The molecule has 2 heterocycles. The van der Waals surface area contributed by atoms with Crippen molar-refractivity contribution in [2.75, 3.05) is 30.8 Å². The average Bonchev–Trinajstić information content (AvgIpc) is 3.02. The summed E-state index contributed by atoms with van der Waals surface area (Å²) in [5.74, 6) is -0.0762. The number of hydrogen-bond donors (Lipinski definition) is 4. The number of rotatable bonds is 10. The first-order valence-electron chi connectivity index (χ1n) is 14.1. The van der Waals surface area contributed by atoms with Gasteiger partial charge in [0.2, 0.25) is 0 Å². The van der Waals surface area contributed by atoms with Crippen LogP contribution in [0.25, 0.3) is 10.9 Å². The molecule has 0 saturated carbocycles. The Morgan fingerprint density at radius 1 is 1.16 bits per heavy atom. The molecule has 220 valence electrons. The van der Waals surface area contributed by atoms with Gasteiger partial charge in [-0.25, -0.2) is 0 Å². The maximum atomic E-state index is 13.1. The van der Waals surface area contributed by atoms with E-state index in [1.54, 1.807) is 24.1 Å². The van der Waals surface area contributed by atoms with E-state index in [2.05, 4.69) is 40.7 Å². The quantitative estimate of drug-likeness (QED) is 0.183. The van der Waals surface area contributed by atoms with Gasteiger partial charge in [0.25, 0.3) is 5.91 Å². The smallest absolute Gasteiger partial charge is 0.254 e. The van der Waals surface area contributed by atoms with Crippen molar-refractivity contribution in [1.29, 1.82) is 5.26 Å². The fourth-order valence-corrected chi connectivity index (χ4v) is 5.54. The summed E-state index contributed by atoms with van der Waals surface area (Å²) < 4.78 is 5.31. The van der Waals surface area contributed by atoms with E-state index < -0.39 is 6.04 Å². The summed E-state index contributed by atoms with van der Waals surface area (Å²) in [6.45, 7) is 3.20. The van der Waals surface area contributed by atoms with Crippen molar-refractivity contribution in [3.63, 3.8) is 0 Å². The number of hydrogen-bond acceptors (Lipinski definition) is 8. The minimum atomic E-state index is -0.564. The lowest BCUT2D eigenvalue weighted by Crippen LogP contribution is -2.54. The zero-order chi connectivity index (χ0) is 30.5. The van der Waals surface area contributed by atoms with E-state index >= 15 is 0 Å². The van der Waals surface area contributed by atoms with Crippen LogP contribution in [0, 0.1) is 11.3 Å². The van der Waals surface area contributed by atoms with Crippen LogP contribution < -0.4 is 22.1 Å². The van der Waals surface area contributed by atoms with Crippen molar-refractivity contribution in [2.45, 2.75) is 31.5 Å². The number of methoxy groups -OCH3 is 1. The van der Waals surface area contributed by atoms with E-state index in [4.69, 9.17) is 27.8 Å². The molecule has 1 amide bonds. The topological polar surface area (TPSA) is 142 Å². The van der Waals surface area contributed by atoms with Crippen LogP contribution in [-0.2, 0) is 4.74 Å². The second-order valence-electron chi connectivity index (χ2n) is 10.5. The van der Waals surface area contributed by atoms with E-state index in [1.807, 2.05) is 42.5 Å². The summed E-state index contributed by atoms with van der Waals surface area (Å²) in [4.78, 5) is 19.3. The van der Waals surface area contributed by atoms with Gasteiger partial charge in [0, 0.05) is 49.2 Å². The van der Waals surface area contributed by atoms with Crippen LogP contribution in [0.1, 0.15) is 52.5 Å². The zero-order valence-corrected chi connectivity index (χ0v) is 24.8. The maximum absolute atomic E-state index is 13.1. The van der Waals surface area contributed by atoms with Gasteiger partial charge in [-0.2, -0.15) is 5.26 Å². The fraction of sp³-hybridized carbons (Fsp3) is 0.242. The van der Waals surface area contributed by atoms with Gasteiger partial charge in [0.1, 0.15) is 6.07 Å². The minimum absolute atomic E-state index is 0.0382. The number of likely N-dealkylation sites (tertiary alicyclic amines) is 1. The molecule has 5 rings (SSSR count). The standard InChI is InChI=1S/C33H34ClN7O2/c1-3-29(20-8-5-4-6-9-20)40-30-23(15-35)17-38-32-26(30)13-24(14-27(32)34)39-31(28(37)16-36)21-10-7-11-22(12-21)33(42)41-18-25(19-41)43-2/h4-14,16-17,25,29,31,39H,3,18-19,36-37H2,1-2H3,(H,38,40)/b28-16-/t29-,31+/m1/s1. The van der Waals surface area contributed by atoms with Gasteiger partial charge in [-0.05, 0) is 41.8 Å². The van der Waals surface area contributed by atoms with E-state index in [0.29, 0.717) is 57.2 Å². The molecule has 0 radical (unpaired) electrons. The van der Waals surface area contributed by atoms with Crippen molar-refractivity contribution < 1.29 is 9.53 Å². The predicted molar refractivity (Wildman–Crippen MR) is 171 cm³/mol. The Hall–Kier alpha value is -4.78. The molecule has 1 fully saturated rings. The summed E-state index contributed by atoms with van der Waals surface area (Å²) in [5.41, 5.74) is 17.3. The minimum Gasteiger partial charge on any atom is -0.403 e. The Morgan fingerprint density at radius 3 is 2.58 bits per heavy atom. The highest BCUT2D eigenvalue weighted by molar-refractivity contribution is 6.35. The van der Waals surface area contributed by atoms with Crippen LogP contribution in [0.2, 0.25) is 5.02 Å². The number of ether oxygens (including phenoxy) is 1. The third-order valence-corrected chi connectivity index (χ3v) is 8.03. The van der Waals surface area contributed by atoms with Crippen molar-refractivity contribution in [3.8, 4) is 6.07 Å². The SMILES string of the molecule is CC[C@@H](Nc1c(C#N)cnc2c(Cl)cc(N[C@H](/C(N)=C/N)c3cccc(C(=O)N4CC(OC)C4)c3)cc12)c1ccccc1. The van der Waals surface area contributed by atoms with E-state index in [1.165, 1.54) is 12.4 Å². The third kappa shape index (κ3) is 6.21. The van der Waals surface area contributed by atoms with Gasteiger partial charge < -0.3 is 31.7 Å². The van der Waals surface area contributed by atoms with Crippen LogP contribution in [0.4, 0.5) is 11.4 Å². The molecule has 9 nitrogen and oxygen atoms in total. The summed E-state index contributed by atoms with van der Waals surface area (Å²) in [6.07, 6.45) is 3.73. The van der Waals surface area contributed by atoms with Crippen LogP contribution in [0.5, 0.6) is 0 Å². The lowest BCUT2D eigenvalue weighted by molar-refractivity contribution is -0.0192. The molecular formula is C33H34ClN7O2. The van der Waals surface area contributed by atoms with E-state index in [9.17, 15) is 10.1 Å². The highest BCUT2D eigenvalue weighted by Gasteiger charge is 2.31. The molecule has 3 aromatic carbocycles. The van der Waals surface area contributed by atoms with Crippen LogP contribution in [0.15, 0.2) is 84.8 Å². The molecule has 1 aromatic heterocycles. The Labute approximate surface area is 256 Å². The largest absolute Gasteiger partial charge is 0.403 e. The molecule has 6 N–H and O–H groups in total. The van der Waals surface area contributed by atoms with Gasteiger partial charge in [0.05, 0.1) is 45.7 Å². The normalized spacial score (nSPS) is 14.9. The number of pyridine rings is 1. The molecule has 43 heavy (non-hydrogen) atoms. The molecule has 1 saturated heterocycles. The molecule has 1 aliphatic heterocycles. The summed E-state index contributed by atoms with van der Waals surface area (Å²) in [5, 5.41) is 18.1. The predicted octanol–water partition coefficient (Wildman–Crippen LogP) is 5.71. The van der Waals surface area contributed by atoms with Crippen molar-refractivity contribution in [2.24, 2.45) is 11.5 Å². The Kier molecular flexibility index (Phi) is 9.00. The van der Waals surface area contributed by atoms with Crippen molar-refractivity contribution in [1.82, 2.24) is 9.88 Å². The monoisotopic (exact) mass is 595 g/mol. The lowest BCUT2D eigenvalue weighted by atomic mass is 9.99. The molecule has 2 atom stereocenters. The molecule has 1 aliphatic rings. The fourth-order valence-electron chi connectivity index (χ4n) is 5.27. The van der Waals surface area contributed by atoms with Crippen molar-refractivity contribution in [3.05, 3.63) is 112 Å². The molecule has 10 heteroatoms. The highest BCUT2D eigenvalue weighted by Crippen LogP contribution is 2.37. The zero-order valence-electron chi connectivity index (χ0n) is 24.0. The van der Waals surface area contributed by atoms with Gasteiger partial charge in [-0.1, -0.05) is 61.0 Å². The molecule has 0 aliphatic carbocycles. The number of nitrogens with two attached hydrogens (primary N) is 2. The average molecular weight is 596 g/mol. The lowest BCUT2D eigenvalue weighted by Gasteiger charge is -2.38. The van der Waals surface area contributed by atoms with Crippen LogP contribution >= 0.6 is 11.6 Å². The number of nitrogens with one attached hydrogen (secondary N) is 2. The first kappa shape index (κ1) is 29.7. The second-order valence-corrected chi connectivity index (χ2v) is 10.9. The number of carbonyl (C=O) groups excluding carboxylic acids is 1. The number of nitriles is 1. The number of carbonyl (C=O) groups is 1. The van der Waals surface area contributed by atoms with Crippen LogP contribution in [-0.4, -0.2) is 42.1 Å². The van der Waals surface area contributed by atoms with Crippen LogP contribution in [0.3, 0.4) is 0 Å².